The average Bonchev–Trinajstić information content (AvgIpc) is 2.81. The second-order valence-electron chi connectivity index (χ2n) is 4.32. The fourth-order valence-corrected chi connectivity index (χ4v) is 2.81. The number of carbonyl (C=O) groups excluding carboxylic acids is 1. The molecule has 6 nitrogen and oxygen atoms in total. The van der Waals surface area contributed by atoms with Gasteiger partial charge in [-0.15, -0.1) is 0 Å². The highest BCUT2D eigenvalue weighted by Gasteiger charge is 2.09. The van der Waals surface area contributed by atoms with Gasteiger partial charge in [-0.2, -0.15) is 0 Å². The van der Waals surface area contributed by atoms with Gasteiger partial charge in [0.25, 0.3) is 0 Å². The number of rotatable bonds is 3. The molecule has 0 bridgehead atoms. The predicted molar refractivity (Wildman–Crippen MR) is 86.2 cm³/mol. The minimum absolute atomic E-state index is 0. The Balaban J connectivity index is 0.00000176. The maximum Gasteiger partial charge on any atom is 0.413 e. The van der Waals surface area contributed by atoms with Crippen LogP contribution in [-0.2, 0) is 11.5 Å². The van der Waals surface area contributed by atoms with E-state index in [-0.39, 0.29) is 17.1 Å². The van der Waals surface area contributed by atoms with Gasteiger partial charge in [-0.3, -0.25) is 14.7 Å². The Hall–Kier alpha value is -2.64. The maximum absolute atomic E-state index is 11.9. The average molecular weight is 318 g/mol. The van der Waals surface area contributed by atoms with Crippen molar-refractivity contribution in [2.24, 2.45) is 0 Å². The minimum Gasteiger partial charge on any atom is -0.427 e. The van der Waals surface area contributed by atoms with Crippen LogP contribution in [0.25, 0.3) is 10.2 Å². The molecular weight excluding hydrogens is 304 g/mol. The lowest BCUT2D eigenvalue weighted by atomic mass is 10.3. The van der Waals surface area contributed by atoms with Crippen LogP contribution in [0.2, 0.25) is 0 Å². The molecule has 7 heteroatoms. The second-order valence-corrected chi connectivity index (χ2v) is 5.31. The number of fused-ring (bicyclic) bond motifs is 1. The summed E-state index contributed by atoms with van der Waals surface area (Å²) in [7, 11) is 0. The SMILES string of the molecule is O.O=C(Nc1ccccc1)OCn1c(=O)sc2ccccc21. The number of benzene rings is 2. The van der Waals surface area contributed by atoms with Gasteiger partial charge in [-0.25, -0.2) is 4.79 Å². The highest BCUT2D eigenvalue weighted by molar-refractivity contribution is 7.16. The van der Waals surface area contributed by atoms with Gasteiger partial charge in [0, 0.05) is 5.69 Å². The molecule has 3 N–H and O–H groups in total. The van der Waals surface area contributed by atoms with Crippen LogP contribution >= 0.6 is 11.3 Å². The van der Waals surface area contributed by atoms with Crippen LogP contribution in [0, 0.1) is 0 Å². The fourth-order valence-electron chi connectivity index (χ4n) is 1.93. The van der Waals surface area contributed by atoms with Crippen LogP contribution in [0.15, 0.2) is 59.4 Å². The normalized spacial score (nSPS) is 10.0. The van der Waals surface area contributed by atoms with Crippen molar-refractivity contribution in [3.8, 4) is 0 Å². The first-order valence-corrected chi connectivity index (χ1v) is 7.13. The minimum atomic E-state index is -0.594. The summed E-state index contributed by atoms with van der Waals surface area (Å²) in [4.78, 5) is 23.4. The number of para-hydroxylation sites is 2. The van der Waals surface area contributed by atoms with Crippen LogP contribution in [0.1, 0.15) is 0 Å². The van der Waals surface area contributed by atoms with E-state index in [1.807, 2.05) is 42.5 Å². The van der Waals surface area contributed by atoms with E-state index in [1.165, 1.54) is 4.57 Å². The van der Waals surface area contributed by atoms with Gasteiger partial charge in [0.15, 0.2) is 6.73 Å². The summed E-state index contributed by atoms with van der Waals surface area (Å²) < 4.78 is 7.40. The predicted octanol–water partition coefficient (Wildman–Crippen LogP) is 2.44. The van der Waals surface area contributed by atoms with Crippen molar-refractivity contribution in [2.75, 3.05) is 5.32 Å². The van der Waals surface area contributed by atoms with Crippen molar-refractivity contribution in [3.05, 3.63) is 64.3 Å². The number of nitrogens with one attached hydrogen (secondary N) is 1. The molecule has 0 atom stereocenters. The Kier molecular flexibility index (Phi) is 4.92. The maximum atomic E-state index is 11.9. The molecule has 0 fully saturated rings. The fraction of sp³-hybridized carbons (Fsp3) is 0.0667. The zero-order valence-electron chi connectivity index (χ0n) is 11.5. The third-order valence-corrected chi connectivity index (χ3v) is 3.88. The molecule has 3 rings (SSSR count). The highest BCUT2D eigenvalue weighted by atomic mass is 32.1. The summed E-state index contributed by atoms with van der Waals surface area (Å²) in [5, 5.41) is 2.60. The van der Waals surface area contributed by atoms with Crippen LogP contribution in [0.5, 0.6) is 0 Å². The molecule has 22 heavy (non-hydrogen) atoms. The molecule has 0 saturated carbocycles. The van der Waals surface area contributed by atoms with Gasteiger partial charge in [0.1, 0.15) is 0 Å². The van der Waals surface area contributed by atoms with Crippen LogP contribution in [0.3, 0.4) is 0 Å². The van der Waals surface area contributed by atoms with E-state index in [0.717, 1.165) is 21.6 Å². The smallest absolute Gasteiger partial charge is 0.413 e. The highest BCUT2D eigenvalue weighted by Crippen LogP contribution is 2.16. The zero-order valence-corrected chi connectivity index (χ0v) is 12.3. The first kappa shape index (κ1) is 15.7. The molecule has 1 amide bonds. The van der Waals surface area contributed by atoms with Crippen LogP contribution < -0.4 is 10.2 Å². The van der Waals surface area contributed by atoms with Crippen molar-refractivity contribution < 1.29 is 15.0 Å². The third-order valence-electron chi connectivity index (χ3n) is 2.92. The molecule has 114 valence electrons. The monoisotopic (exact) mass is 318 g/mol. The Morgan fingerprint density at radius 2 is 1.77 bits per heavy atom. The molecule has 1 heterocycles. The van der Waals surface area contributed by atoms with E-state index in [0.29, 0.717) is 5.69 Å². The molecular formula is C15H14N2O4S. The Labute approximate surface area is 129 Å². The number of hydrogen-bond acceptors (Lipinski definition) is 4. The lowest BCUT2D eigenvalue weighted by Crippen LogP contribution is -2.20. The molecule has 0 spiro atoms. The molecule has 0 aliphatic carbocycles. The number of nitrogens with zero attached hydrogens (tertiary/aromatic N) is 1. The third kappa shape index (κ3) is 3.33. The van der Waals surface area contributed by atoms with E-state index in [4.69, 9.17) is 4.74 Å². The van der Waals surface area contributed by atoms with Gasteiger partial charge >= 0.3 is 11.0 Å². The van der Waals surface area contributed by atoms with Crippen LogP contribution in [-0.4, -0.2) is 16.1 Å². The molecule has 1 aromatic heterocycles. The number of amides is 1. The van der Waals surface area contributed by atoms with Crippen LogP contribution in [0.4, 0.5) is 10.5 Å². The Morgan fingerprint density at radius 3 is 2.55 bits per heavy atom. The van der Waals surface area contributed by atoms with Gasteiger partial charge < -0.3 is 10.2 Å². The summed E-state index contributed by atoms with van der Waals surface area (Å²) >= 11 is 1.13. The molecule has 3 aromatic rings. The largest absolute Gasteiger partial charge is 0.427 e. The van der Waals surface area contributed by atoms with Gasteiger partial charge in [-0.1, -0.05) is 41.7 Å². The number of thiazole rings is 1. The zero-order chi connectivity index (χ0) is 14.7. The lowest BCUT2D eigenvalue weighted by molar-refractivity contribution is 0.129. The van der Waals surface area contributed by atoms with Gasteiger partial charge in [-0.05, 0) is 24.3 Å². The number of ether oxygens (including phenoxy) is 1. The standard InChI is InChI=1S/C15H12N2O3S.H2O/c18-14(16-11-6-2-1-3-7-11)20-10-17-12-8-4-5-9-13(12)21-15(17)19;/h1-9H,10H2,(H,16,18);1H2. The Bertz CT molecular complexity index is 826. The van der Waals surface area contributed by atoms with E-state index >= 15 is 0 Å². The summed E-state index contributed by atoms with van der Waals surface area (Å²) in [6.45, 7) is -0.110. The Morgan fingerprint density at radius 1 is 1.09 bits per heavy atom. The molecule has 0 aliphatic heterocycles. The number of hydrogen-bond donors (Lipinski definition) is 1. The van der Waals surface area contributed by atoms with Crippen molar-refractivity contribution in [3.63, 3.8) is 0 Å². The van der Waals surface area contributed by atoms with E-state index in [1.54, 1.807) is 12.1 Å². The number of aromatic nitrogens is 1. The molecule has 2 aromatic carbocycles. The van der Waals surface area contributed by atoms with E-state index < -0.39 is 6.09 Å². The summed E-state index contributed by atoms with van der Waals surface area (Å²) in [5.74, 6) is 0. The van der Waals surface area contributed by atoms with Gasteiger partial charge in [0.05, 0.1) is 10.2 Å². The second kappa shape index (κ2) is 6.88. The first-order valence-electron chi connectivity index (χ1n) is 6.31. The van der Waals surface area contributed by atoms with Gasteiger partial charge in [0.2, 0.25) is 0 Å². The first-order chi connectivity index (χ1) is 10.2. The number of carbonyl (C=O) groups is 1. The lowest BCUT2D eigenvalue weighted by Gasteiger charge is -2.07. The number of anilines is 1. The quantitative estimate of drug-likeness (QED) is 0.804. The van der Waals surface area contributed by atoms with Crippen molar-refractivity contribution >= 4 is 33.3 Å². The molecule has 0 unspecified atom stereocenters. The van der Waals surface area contributed by atoms with E-state index in [9.17, 15) is 9.59 Å². The summed E-state index contributed by atoms with van der Waals surface area (Å²) in [5.41, 5.74) is 1.41. The molecule has 0 aliphatic rings. The van der Waals surface area contributed by atoms with Crippen molar-refractivity contribution in [1.29, 1.82) is 0 Å². The molecule has 0 saturated heterocycles. The summed E-state index contributed by atoms with van der Waals surface area (Å²) in [6.07, 6.45) is -0.594. The summed E-state index contributed by atoms with van der Waals surface area (Å²) in [6, 6.07) is 16.4. The topological polar surface area (TPSA) is 91.8 Å². The van der Waals surface area contributed by atoms with Crippen molar-refractivity contribution in [1.82, 2.24) is 4.57 Å². The van der Waals surface area contributed by atoms with E-state index in [2.05, 4.69) is 5.32 Å². The molecule has 0 radical (unpaired) electrons. The van der Waals surface area contributed by atoms with Crippen molar-refractivity contribution in [2.45, 2.75) is 6.73 Å².